The van der Waals surface area contributed by atoms with E-state index >= 15 is 0 Å². The van der Waals surface area contributed by atoms with Crippen LogP contribution in [-0.2, 0) is 19.6 Å². The molecule has 0 radical (unpaired) electrons. The molecule has 13 heteroatoms. The van der Waals surface area contributed by atoms with Crippen molar-refractivity contribution in [3.05, 3.63) is 57.9 Å². The summed E-state index contributed by atoms with van der Waals surface area (Å²) in [4.78, 5) is 35.0. The van der Waals surface area contributed by atoms with Gasteiger partial charge in [-0.1, -0.05) is 13.8 Å². The van der Waals surface area contributed by atoms with Crippen LogP contribution >= 0.6 is 0 Å². The molecule has 2 rings (SSSR count). The second-order valence-corrected chi connectivity index (χ2v) is 8.85. The fourth-order valence-electron chi connectivity index (χ4n) is 2.95. The summed E-state index contributed by atoms with van der Waals surface area (Å²) in [6.45, 7) is 4.82. The van der Waals surface area contributed by atoms with Gasteiger partial charge in [-0.25, -0.2) is 17.6 Å². The maximum absolute atomic E-state index is 14.3. The number of carbonyl (C=O) groups is 2. The standard InChI is InChI=1S/C21H24FN3O8S/c1-5-24(6-2)34(30,31)15-8-9-17(22)16(12-15)21(27)33-13(3)20(26)23-18-11-14(25(28)29)7-10-19(18)32-4/h7-13H,5-6H2,1-4H3,(H,23,26). The van der Waals surface area contributed by atoms with Gasteiger partial charge in [0.05, 0.1) is 28.2 Å². The van der Waals surface area contributed by atoms with Crippen LogP contribution in [0, 0.1) is 15.9 Å². The van der Waals surface area contributed by atoms with Crippen molar-refractivity contribution < 1.29 is 36.8 Å². The van der Waals surface area contributed by atoms with Crippen molar-refractivity contribution in [2.45, 2.75) is 31.8 Å². The number of nitro benzene ring substituents is 1. The van der Waals surface area contributed by atoms with E-state index in [9.17, 15) is 32.5 Å². The fraction of sp³-hybridized carbons (Fsp3) is 0.333. The number of esters is 1. The second-order valence-electron chi connectivity index (χ2n) is 6.91. The number of sulfonamides is 1. The largest absolute Gasteiger partial charge is 0.495 e. The first-order chi connectivity index (χ1) is 16.0. The van der Waals surface area contributed by atoms with Crippen molar-refractivity contribution in [1.82, 2.24) is 4.31 Å². The molecule has 1 atom stereocenters. The van der Waals surface area contributed by atoms with Crippen LogP contribution in [0.3, 0.4) is 0 Å². The van der Waals surface area contributed by atoms with Crippen LogP contribution in [0.2, 0.25) is 0 Å². The zero-order chi connectivity index (χ0) is 25.6. The highest BCUT2D eigenvalue weighted by Crippen LogP contribution is 2.29. The number of rotatable bonds is 10. The Labute approximate surface area is 195 Å². The average Bonchev–Trinajstić information content (AvgIpc) is 2.79. The summed E-state index contributed by atoms with van der Waals surface area (Å²) in [5.74, 6) is -3.04. The number of ether oxygens (including phenoxy) is 2. The van der Waals surface area contributed by atoms with Crippen molar-refractivity contribution in [2.75, 3.05) is 25.5 Å². The Bertz CT molecular complexity index is 1200. The zero-order valence-electron chi connectivity index (χ0n) is 18.9. The molecule has 1 unspecified atom stereocenters. The molecule has 0 aliphatic rings. The molecule has 1 N–H and O–H groups in total. The average molecular weight is 498 g/mol. The van der Waals surface area contributed by atoms with Crippen molar-refractivity contribution >= 4 is 33.3 Å². The SMILES string of the molecule is CCN(CC)S(=O)(=O)c1ccc(F)c(C(=O)OC(C)C(=O)Nc2cc([N+](=O)[O-])ccc2OC)c1. The highest BCUT2D eigenvalue weighted by Gasteiger charge is 2.27. The summed E-state index contributed by atoms with van der Waals surface area (Å²) < 4.78 is 50.9. The highest BCUT2D eigenvalue weighted by molar-refractivity contribution is 7.89. The lowest BCUT2D eigenvalue weighted by molar-refractivity contribution is -0.384. The van der Waals surface area contributed by atoms with Gasteiger partial charge in [-0.2, -0.15) is 4.31 Å². The number of hydrogen-bond acceptors (Lipinski definition) is 8. The van der Waals surface area contributed by atoms with E-state index in [0.717, 1.165) is 28.6 Å². The quantitative estimate of drug-likeness (QED) is 0.300. The number of nitrogens with zero attached hydrogens (tertiary/aromatic N) is 2. The van der Waals surface area contributed by atoms with Gasteiger partial charge in [0.25, 0.3) is 11.6 Å². The van der Waals surface area contributed by atoms with Crippen molar-refractivity contribution in [3.8, 4) is 5.75 Å². The maximum atomic E-state index is 14.3. The number of halogens is 1. The predicted octanol–water partition coefficient (Wildman–Crippen LogP) is 2.96. The van der Waals surface area contributed by atoms with E-state index in [1.807, 2.05) is 0 Å². The van der Waals surface area contributed by atoms with Gasteiger partial charge in [-0.15, -0.1) is 0 Å². The van der Waals surface area contributed by atoms with Gasteiger partial charge >= 0.3 is 5.97 Å². The lowest BCUT2D eigenvalue weighted by Gasteiger charge is -2.19. The van der Waals surface area contributed by atoms with E-state index in [4.69, 9.17) is 9.47 Å². The van der Waals surface area contributed by atoms with Crippen LogP contribution in [-0.4, -0.2) is 55.8 Å². The summed E-state index contributed by atoms with van der Waals surface area (Å²) in [7, 11) is -2.67. The number of methoxy groups -OCH3 is 1. The number of nitro groups is 1. The minimum Gasteiger partial charge on any atom is -0.495 e. The van der Waals surface area contributed by atoms with E-state index in [2.05, 4.69) is 5.32 Å². The monoisotopic (exact) mass is 497 g/mol. The summed E-state index contributed by atoms with van der Waals surface area (Å²) in [6, 6.07) is 6.23. The second kappa shape index (κ2) is 11.0. The molecule has 0 spiro atoms. The summed E-state index contributed by atoms with van der Waals surface area (Å²) in [5.41, 5.74) is -1.02. The molecule has 0 saturated heterocycles. The summed E-state index contributed by atoms with van der Waals surface area (Å²) in [5, 5.41) is 13.3. The number of carbonyl (C=O) groups excluding carboxylic acids is 2. The van der Waals surface area contributed by atoms with Crippen LogP contribution in [0.4, 0.5) is 15.8 Å². The van der Waals surface area contributed by atoms with Crippen molar-refractivity contribution in [2.24, 2.45) is 0 Å². The smallest absolute Gasteiger partial charge is 0.341 e. The molecule has 2 aromatic carbocycles. The Hall–Kier alpha value is -3.58. The predicted molar refractivity (Wildman–Crippen MR) is 120 cm³/mol. The third-order valence-electron chi connectivity index (χ3n) is 4.81. The zero-order valence-corrected chi connectivity index (χ0v) is 19.7. The van der Waals surface area contributed by atoms with E-state index < -0.39 is 44.3 Å². The highest BCUT2D eigenvalue weighted by atomic mass is 32.2. The molecule has 0 saturated carbocycles. The van der Waals surface area contributed by atoms with E-state index in [0.29, 0.717) is 0 Å². The molecule has 0 fully saturated rings. The molecule has 1 amide bonds. The molecule has 0 bridgehead atoms. The summed E-state index contributed by atoms with van der Waals surface area (Å²) in [6.07, 6.45) is -1.46. The fourth-order valence-corrected chi connectivity index (χ4v) is 4.44. The molecule has 34 heavy (non-hydrogen) atoms. The van der Waals surface area contributed by atoms with Crippen LogP contribution < -0.4 is 10.1 Å². The third kappa shape index (κ3) is 5.85. The van der Waals surface area contributed by atoms with Gasteiger partial charge in [0, 0.05) is 25.2 Å². The molecule has 0 heterocycles. The minimum absolute atomic E-state index is 0.0388. The van der Waals surface area contributed by atoms with Crippen molar-refractivity contribution in [1.29, 1.82) is 0 Å². The molecule has 0 aliphatic heterocycles. The third-order valence-corrected chi connectivity index (χ3v) is 6.85. The Morgan fingerprint density at radius 1 is 1.18 bits per heavy atom. The van der Waals surface area contributed by atoms with Gasteiger partial charge in [0.2, 0.25) is 10.0 Å². The molecule has 184 valence electrons. The number of benzene rings is 2. The Morgan fingerprint density at radius 2 is 1.82 bits per heavy atom. The lowest BCUT2D eigenvalue weighted by Crippen LogP contribution is -2.31. The molecule has 0 aliphatic carbocycles. The van der Waals surface area contributed by atoms with Crippen molar-refractivity contribution in [3.63, 3.8) is 0 Å². The van der Waals surface area contributed by atoms with E-state index in [1.165, 1.54) is 26.2 Å². The van der Waals surface area contributed by atoms with Crippen LogP contribution in [0.5, 0.6) is 5.75 Å². The van der Waals surface area contributed by atoms with Crippen LogP contribution in [0.25, 0.3) is 0 Å². The number of non-ortho nitro benzene ring substituents is 1. The number of amides is 1. The first-order valence-electron chi connectivity index (χ1n) is 10.1. The van der Waals surface area contributed by atoms with Gasteiger partial charge in [0.15, 0.2) is 6.10 Å². The number of anilines is 1. The van der Waals surface area contributed by atoms with Gasteiger partial charge in [-0.05, 0) is 31.2 Å². The maximum Gasteiger partial charge on any atom is 0.341 e. The molecule has 11 nitrogen and oxygen atoms in total. The topological polar surface area (TPSA) is 145 Å². The molecule has 0 aromatic heterocycles. The number of nitrogens with one attached hydrogen (secondary N) is 1. The van der Waals surface area contributed by atoms with Crippen LogP contribution in [0.15, 0.2) is 41.3 Å². The molecule has 2 aromatic rings. The minimum atomic E-state index is -3.97. The molecular formula is C21H24FN3O8S. The van der Waals surface area contributed by atoms with Gasteiger partial charge < -0.3 is 14.8 Å². The van der Waals surface area contributed by atoms with Crippen LogP contribution in [0.1, 0.15) is 31.1 Å². The van der Waals surface area contributed by atoms with E-state index in [-0.39, 0.29) is 35.1 Å². The summed E-state index contributed by atoms with van der Waals surface area (Å²) >= 11 is 0. The van der Waals surface area contributed by atoms with E-state index in [1.54, 1.807) is 13.8 Å². The lowest BCUT2D eigenvalue weighted by atomic mass is 10.2. The number of hydrogen-bond donors (Lipinski definition) is 1. The first kappa shape index (κ1) is 26.7. The first-order valence-corrected chi connectivity index (χ1v) is 11.5. The normalized spacial score (nSPS) is 12.2. The Kier molecular flexibility index (Phi) is 8.65. The Morgan fingerprint density at radius 3 is 2.38 bits per heavy atom. The van der Waals surface area contributed by atoms with Gasteiger partial charge in [-0.3, -0.25) is 14.9 Å². The molecular weight excluding hydrogens is 473 g/mol. The Balaban J connectivity index is 2.24. The van der Waals surface area contributed by atoms with Gasteiger partial charge in [0.1, 0.15) is 11.6 Å².